The van der Waals surface area contributed by atoms with E-state index >= 15 is 0 Å². The van der Waals surface area contributed by atoms with Crippen LogP contribution in [0.15, 0.2) is 83.0 Å². The van der Waals surface area contributed by atoms with Gasteiger partial charge in [-0.25, -0.2) is 26.3 Å². The predicted molar refractivity (Wildman–Crippen MR) is 179 cm³/mol. The maximum Gasteiger partial charge on any atom is 0.208 e. The van der Waals surface area contributed by atoms with E-state index in [4.69, 9.17) is 23.2 Å². The van der Waals surface area contributed by atoms with E-state index in [0.29, 0.717) is 62.4 Å². The molecule has 1 aromatic heterocycles. The van der Waals surface area contributed by atoms with Gasteiger partial charge < -0.3 is 0 Å². The highest BCUT2D eigenvalue weighted by atomic mass is 35.5. The van der Waals surface area contributed by atoms with Crippen molar-refractivity contribution in [3.63, 3.8) is 0 Å². The molecule has 0 aliphatic carbocycles. The second-order valence-corrected chi connectivity index (χ2v) is 11.6. The normalized spacial score (nSPS) is 11.7. The monoisotopic (exact) mass is 714 g/mol. The first-order valence-corrected chi connectivity index (χ1v) is 15.2. The number of hydrogen-bond donors (Lipinski definition) is 0. The number of hydrogen-bond acceptors (Lipinski definition) is 5. The van der Waals surface area contributed by atoms with E-state index in [1.807, 2.05) is 0 Å². The molecule has 0 bridgehead atoms. The molecule has 252 valence electrons. The molecule has 13 heteroatoms. The number of nitrogens with zero attached hydrogens (tertiary/aromatic N) is 4. The summed E-state index contributed by atoms with van der Waals surface area (Å²) in [4.78, 5) is 12.2. The fraction of sp³-hybridized carbons (Fsp3) is 0.139. The van der Waals surface area contributed by atoms with Crippen LogP contribution < -0.4 is 0 Å². The molecular formula is C36H26Cl2F6N4O. The lowest BCUT2D eigenvalue weighted by molar-refractivity contribution is 0.106. The molecule has 0 unspecified atom stereocenters. The van der Waals surface area contributed by atoms with Crippen molar-refractivity contribution in [1.29, 1.82) is 0 Å². The lowest BCUT2D eigenvalue weighted by Crippen LogP contribution is -2.10. The Morgan fingerprint density at radius 1 is 0.633 bits per heavy atom. The predicted octanol–water partition coefficient (Wildman–Crippen LogP) is 10.5. The number of benzene rings is 4. The first-order valence-electron chi connectivity index (χ1n) is 14.4. The van der Waals surface area contributed by atoms with E-state index in [2.05, 4.69) is 20.4 Å². The van der Waals surface area contributed by atoms with E-state index in [0.717, 1.165) is 0 Å². The molecule has 5 rings (SSSR count). The molecule has 4 aromatic carbocycles. The number of Topliss-reactive ketones (excluding diaryl/α,β-unsaturated/α-hetero) is 1. The highest BCUT2D eigenvalue weighted by molar-refractivity contribution is 6.45. The number of carbonyl (C=O) groups excluding carboxylic acids is 1. The Kier molecular flexibility index (Phi) is 12.1. The molecule has 0 amide bonds. The van der Waals surface area contributed by atoms with Gasteiger partial charge in [-0.05, 0) is 69.7 Å². The largest absolute Gasteiger partial charge is 0.287 e. The van der Waals surface area contributed by atoms with Gasteiger partial charge in [0.2, 0.25) is 5.78 Å². The second kappa shape index (κ2) is 16.0. The van der Waals surface area contributed by atoms with Gasteiger partial charge >= 0.3 is 0 Å². The van der Waals surface area contributed by atoms with Gasteiger partial charge in [0.25, 0.3) is 0 Å². The van der Waals surface area contributed by atoms with Crippen LogP contribution in [-0.2, 0) is 6.42 Å². The van der Waals surface area contributed by atoms with Crippen LogP contribution in [0.1, 0.15) is 41.2 Å². The third kappa shape index (κ3) is 9.18. The topological polar surface area (TPSA) is 67.6 Å². The van der Waals surface area contributed by atoms with Crippen molar-refractivity contribution in [2.75, 3.05) is 0 Å². The molecule has 1 heterocycles. The standard InChI is InChI=1S/C18H14ClF3N2O.C18H12ClF3N2/c1-10(7-15-16(21)8-14(20)9-17(15)22)23-24-11(2)18(25)12-3-5-13(19)6-4-12;1-9-16(11-3-5-12(19)6-4-11)17(10(2)24-23-9)18-14(21)7-13(20)8-15(18)22/h3-6,8-9H,7H2,1-2H3;3-8H,1-2H3/b23-10-,24-11-;. The van der Waals surface area contributed by atoms with Gasteiger partial charge in [-0.1, -0.05) is 35.3 Å². The van der Waals surface area contributed by atoms with Crippen molar-refractivity contribution in [1.82, 2.24) is 10.2 Å². The molecule has 0 saturated heterocycles. The second-order valence-electron chi connectivity index (χ2n) is 10.8. The molecular weight excluding hydrogens is 689 g/mol. The van der Waals surface area contributed by atoms with Crippen LogP contribution in [0.2, 0.25) is 10.0 Å². The van der Waals surface area contributed by atoms with Gasteiger partial charge in [-0.15, -0.1) is 0 Å². The molecule has 5 nitrogen and oxygen atoms in total. The summed E-state index contributed by atoms with van der Waals surface area (Å²) in [7, 11) is 0. The summed E-state index contributed by atoms with van der Waals surface area (Å²) >= 11 is 11.7. The van der Waals surface area contributed by atoms with Crippen LogP contribution >= 0.6 is 23.2 Å². The Bertz CT molecular complexity index is 2040. The summed E-state index contributed by atoms with van der Waals surface area (Å²) in [6.07, 6.45) is -0.191. The van der Waals surface area contributed by atoms with Crippen LogP contribution in [-0.4, -0.2) is 27.4 Å². The number of halogens is 8. The third-order valence-corrected chi connectivity index (χ3v) is 7.56. The fourth-order valence-electron chi connectivity index (χ4n) is 4.72. The molecule has 0 atom stereocenters. The zero-order valence-corrected chi connectivity index (χ0v) is 27.9. The van der Waals surface area contributed by atoms with Crippen molar-refractivity contribution in [2.24, 2.45) is 10.2 Å². The summed E-state index contributed by atoms with van der Waals surface area (Å²) in [5, 5.41) is 16.7. The van der Waals surface area contributed by atoms with Crippen LogP contribution in [0, 0.1) is 48.8 Å². The highest BCUT2D eigenvalue weighted by Gasteiger charge is 2.22. The van der Waals surface area contributed by atoms with E-state index < -0.39 is 34.9 Å². The van der Waals surface area contributed by atoms with Crippen molar-refractivity contribution >= 4 is 40.4 Å². The zero-order chi connectivity index (χ0) is 36.0. The van der Waals surface area contributed by atoms with Gasteiger partial charge in [0.05, 0.1) is 17.0 Å². The maximum atomic E-state index is 14.3. The third-order valence-electron chi connectivity index (χ3n) is 7.06. The Hall–Kier alpha value is -4.87. The minimum atomic E-state index is -0.995. The van der Waals surface area contributed by atoms with Gasteiger partial charge in [0.15, 0.2) is 0 Å². The molecule has 0 N–H and O–H groups in total. The van der Waals surface area contributed by atoms with Crippen molar-refractivity contribution < 1.29 is 31.1 Å². The minimum Gasteiger partial charge on any atom is -0.287 e. The first kappa shape index (κ1) is 37.0. The van der Waals surface area contributed by atoms with Gasteiger partial charge in [0.1, 0.15) is 40.6 Å². The SMILES string of the molecule is C/C(Cc1c(F)cc(F)cc1F)=N/N=C(/C)C(=O)c1ccc(Cl)cc1.Cc1nnc(C)c(-c2c(F)cc(F)cc2F)c1-c1ccc(Cl)cc1. The number of carbonyl (C=O) groups is 1. The molecule has 0 fully saturated rings. The van der Waals surface area contributed by atoms with E-state index in [-0.39, 0.29) is 40.3 Å². The Labute approximate surface area is 288 Å². The number of aryl methyl sites for hydroxylation is 2. The minimum absolute atomic E-state index is 0.113. The van der Waals surface area contributed by atoms with Crippen molar-refractivity contribution in [3.05, 3.63) is 140 Å². The Balaban J connectivity index is 0.000000221. The molecule has 0 radical (unpaired) electrons. The molecule has 0 aliphatic heterocycles. The van der Waals surface area contributed by atoms with Gasteiger partial charge in [-0.2, -0.15) is 20.4 Å². The summed E-state index contributed by atoms with van der Waals surface area (Å²) < 4.78 is 82.0. The first-order chi connectivity index (χ1) is 23.2. The van der Waals surface area contributed by atoms with Crippen LogP contribution in [0.4, 0.5) is 26.3 Å². The summed E-state index contributed by atoms with van der Waals surface area (Å²) in [6.45, 7) is 6.28. The van der Waals surface area contributed by atoms with E-state index in [1.165, 1.54) is 13.8 Å². The maximum absolute atomic E-state index is 14.3. The molecule has 0 saturated carbocycles. The lowest BCUT2D eigenvalue weighted by Gasteiger charge is -2.16. The average molecular weight is 716 g/mol. The Morgan fingerprint density at radius 2 is 1.08 bits per heavy atom. The smallest absolute Gasteiger partial charge is 0.208 e. The quantitative estimate of drug-likeness (QED) is 0.0729. The van der Waals surface area contributed by atoms with Gasteiger partial charge in [-0.3, -0.25) is 4.79 Å². The number of rotatable bonds is 7. The summed E-state index contributed by atoms with van der Waals surface area (Å²) in [5.41, 5.74) is 2.47. The highest BCUT2D eigenvalue weighted by Crippen LogP contribution is 2.38. The molecule has 0 aliphatic rings. The van der Waals surface area contributed by atoms with Gasteiger partial charge in [0, 0.05) is 68.7 Å². The summed E-state index contributed by atoms with van der Waals surface area (Å²) in [5.74, 6) is -6.27. The van der Waals surface area contributed by atoms with E-state index in [1.54, 1.807) is 62.4 Å². The molecule has 0 spiro atoms. The number of aromatic nitrogens is 2. The molecule has 49 heavy (non-hydrogen) atoms. The lowest BCUT2D eigenvalue weighted by atomic mass is 9.92. The van der Waals surface area contributed by atoms with Crippen molar-refractivity contribution in [2.45, 2.75) is 34.1 Å². The van der Waals surface area contributed by atoms with Crippen LogP contribution in [0.25, 0.3) is 22.3 Å². The van der Waals surface area contributed by atoms with Crippen molar-refractivity contribution in [3.8, 4) is 22.3 Å². The Morgan fingerprint density at radius 3 is 1.59 bits per heavy atom. The molecule has 5 aromatic rings. The van der Waals surface area contributed by atoms with Crippen LogP contribution in [0.3, 0.4) is 0 Å². The number of ketones is 1. The van der Waals surface area contributed by atoms with E-state index in [9.17, 15) is 31.1 Å². The van der Waals surface area contributed by atoms with Crippen LogP contribution in [0.5, 0.6) is 0 Å². The zero-order valence-electron chi connectivity index (χ0n) is 26.4. The summed E-state index contributed by atoms with van der Waals surface area (Å²) in [6, 6.07) is 15.6. The average Bonchev–Trinajstić information content (AvgIpc) is 3.03. The fourth-order valence-corrected chi connectivity index (χ4v) is 4.97.